The molecule has 0 saturated carbocycles. The molecule has 0 atom stereocenters. The first-order valence-corrected chi connectivity index (χ1v) is 7.77. The zero-order chi connectivity index (χ0) is 15.5. The Bertz CT molecular complexity index is 792. The summed E-state index contributed by atoms with van der Waals surface area (Å²) >= 11 is 1.40. The van der Waals surface area contributed by atoms with Gasteiger partial charge in [-0.25, -0.2) is 9.97 Å². The van der Waals surface area contributed by atoms with Crippen LogP contribution in [0.4, 0.5) is 5.13 Å². The molecule has 4 nitrogen and oxygen atoms in total. The molecule has 0 radical (unpaired) electrons. The number of hydrogen-bond acceptors (Lipinski definition) is 4. The first-order valence-electron chi connectivity index (χ1n) is 6.89. The van der Waals surface area contributed by atoms with Gasteiger partial charge in [-0.05, 0) is 31.5 Å². The molecule has 0 bridgehead atoms. The number of thiazole rings is 1. The summed E-state index contributed by atoms with van der Waals surface area (Å²) in [6, 6.07) is 13.6. The van der Waals surface area contributed by atoms with Crippen molar-refractivity contribution >= 4 is 22.4 Å². The van der Waals surface area contributed by atoms with Gasteiger partial charge in [0, 0.05) is 16.6 Å². The molecule has 1 aromatic carbocycles. The summed E-state index contributed by atoms with van der Waals surface area (Å²) in [4.78, 5) is 21.0. The maximum Gasteiger partial charge on any atom is 0.276 e. The van der Waals surface area contributed by atoms with E-state index < -0.39 is 0 Å². The van der Waals surface area contributed by atoms with E-state index in [1.165, 1.54) is 11.3 Å². The van der Waals surface area contributed by atoms with Crippen molar-refractivity contribution < 1.29 is 4.79 Å². The monoisotopic (exact) mass is 309 g/mol. The molecule has 1 N–H and O–H groups in total. The Morgan fingerprint density at radius 3 is 2.59 bits per heavy atom. The van der Waals surface area contributed by atoms with Gasteiger partial charge in [-0.2, -0.15) is 0 Å². The van der Waals surface area contributed by atoms with Crippen LogP contribution in [0.15, 0.2) is 47.8 Å². The molecule has 3 rings (SSSR count). The smallest absolute Gasteiger partial charge is 0.276 e. The molecule has 2 aromatic heterocycles. The quantitative estimate of drug-likeness (QED) is 0.793. The number of carbonyl (C=O) groups excluding carboxylic acids is 1. The normalized spacial score (nSPS) is 10.5. The predicted octanol–water partition coefficient (Wildman–Crippen LogP) is 4.07. The van der Waals surface area contributed by atoms with Crippen LogP contribution >= 0.6 is 11.3 Å². The van der Waals surface area contributed by atoms with Crippen molar-refractivity contribution in [2.24, 2.45) is 0 Å². The lowest BCUT2D eigenvalue weighted by Gasteiger charge is -2.03. The maximum absolute atomic E-state index is 12.3. The molecule has 1 amide bonds. The molecule has 110 valence electrons. The topological polar surface area (TPSA) is 54.9 Å². The lowest BCUT2D eigenvalue weighted by molar-refractivity contribution is 0.102. The van der Waals surface area contributed by atoms with Gasteiger partial charge in [-0.3, -0.25) is 10.1 Å². The van der Waals surface area contributed by atoms with Crippen molar-refractivity contribution in [2.45, 2.75) is 13.8 Å². The zero-order valence-electron chi connectivity index (χ0n) is 12.3. The van der Waals surface area contributed by atoms with E-state index in [9.17, 15) is 4.79 Å². The van der Waals surface area contributed by atoms with Crippen LogP contribution in [0.2, 0.25) is 0 Å². The summed E-state index contributed by atoms with van der Waals surface area (Å²) in [5, 5.41) is 5.31. The first-order chi connectivity index (χ1) is 10.6. The van der Waals surface area contributed by atoms with E-state index in [0.29, 0.717) is 10.8 Å². The number of benzene rings is 1. The lowest BCUT2D eigenvalue weighted by atomic mass is 10.2. The molecular formula is C17H15N3OS. The Kier molecular flexibility index (Phi) is 3.98. The Morgan fingerprint density at radius 2 is 1.86 bits per heavy atom. The Labute approximate surface area is 132 Å². The van der Waals surface area contributed by atoms with Crippen molar-refractivity contribution in [3.05, 3.63) is 64.8 Å². The van der Waals surface area contributed by atoms with Crippen LogP contribution < -0.4 is 5.32 Å². The highest BCUT2D eigenvalue weighted by Crippen LogP contribution is 2.24. The number of aryl methyl sites for hydroxylation is 2. The van der Waals surface area contributed by atoms with Gasteiger partial charge in [-0.15, -0.1) is 11.3 Å². The van der Waals surface area contributed by atoms with Crippen LogP contribution in [0, 0.1) is 13.8 Å². The summed E-state index contributed by atoms with van der Waals surface area (Å²) in [6.07, 6.45) is 0. The lowest BCUT2D eigenvalue weighted by Crippen LogP contribution is -2.14. The van der Waals surface area contributed by atoms with Gasteiger partial charge < -0.3 is 0 Å². The minimum absolute atomic E-state index is 0.235. The molecule has 0 unspecified atom stereocenters. The average Bonchev–Trinajstić information content (AvgIpc) is 2.95. The van der Waals surface area contributed by atoms with Gasteiger partial charge in [-0.1, -0.05) is 30.3 Å². The van der Waals surface area contributed by atoms with E-state index in [1.807, 2.05) is 55.6 Å². The number of amides is 1. The van der Waals surface area contributed by atoms with Crippen molar-refractivity contribution in [1.82, 2.24) is 9.97 Å². The van der Waals surface area contributed by atoms with Crippen LogP contribution in [0.25, 0.3) is 11.3 Å². The Hall–Kier alpha value is -2.53. The number of carbonyl (C=O) groups is 1. The van der Waals surface area contributed by atoms with E-state index in [0.717, 1.165) is 22.5 Å². The molecule has 3 aromatic rings. The molecule has 0 aliphatic rings. The van der Waals surface area contributed by atoms with Crippen LogP contribution in [0.3, 0.4) is 0 Å². The summed E-state index contributed by atoms with van der Waals surface area (Å²) in [5.41, 5.74) is 4.14. The molecule has 0 aliphatic heterocycles. The van der Waals surface area contributed by atoms with E-state index in [1.54, 1.807) is 6.07 Å². The highest BCUT2D eigenvalue weighted by molar-refractivity contribution is 7.14. The van der Waals surface area contributed by atoms with Gasteiger partial charge in [0.2, 0.25) is 0 Å². The number of hydrogen-bond donors (Lipinski definition) is 1. The average molecular weight is 309 g/mol. The molecule has 22 heavy (non-hydrogen) atoms. The fourth-order valence-electron chi connectivity index (χ4n) is 2.19. The van der Waals surface area contributed by atoms with Crippen molar-refractivity contribution in [3.63, 3.8) is 0 Å². The van der Waals surface area contributed by atoms with Crippen molar-refractivity contribution in [3.8, 4) is 11.3 Å². The maximum atomic E-state index is 12.3. The summed E-state index contributed by atoms with van der Waals surface area (Å²) in [5.74, 6) is -0.235. The number of anilines is 1. The van der Waals surface area contributed by atoms with E-state index in [2.05, 4.69) is 15.3 Å². The first kappa shape index (κ1) is 14.4. The van der Waals surface area contributed by atoms with Gasteiger partial charge in [0.1, 0.15) is 5.69 Å². The van der Waals surface area contributed by atoms with E-state index in [-0.39, 0.29) is 5.91 Å². The van der Waals surface area contributed by atoms with E-state index >= 15 is 0 Å². The number of nitrogens with one attached hydrogen (secondary N) is 1. The van der Waals surface area contributed by atoms with Crippen molar-refractivity contribution in [1.29, 1.82) is 0 Å². The molecule has 0 spiro atoms. The van der Waals surface area contributed by atoms with Crippen LogP contribution in [0.1, 0.15) is 21.7 Å². The molecule has 0 saturated heterocycles. The summed E-state index contributed by atoms with van der Waals surface area (Å²) in [7, 11) is 0. The third kappa shape index (κ3) is 3.20. The van der Waals surface area contributed by atoms with Crippen LogP contribution in [0.5, 0.6) is 0 Å². The summed E-state index contributed by atoms with van der Waals surface area (Å²) < 4.78 is 0. The van der Waals surface area contributed by atoms with Gasteiger partial charge >= 0.3 is 0 Å². The van der Waals surface area contributed by atoms with Crippen LogP contribution in [-0.4, -0.2) is 15.9 Å². The molecule has 2 heterocycles. The highest BCUT2D eigenvalue weighted by atomic mass is 32.1. The second kappa shape index (κ2) is 6.07. The SMILES string of the molecule is Cc1cc(C)nc(C(=O)Nc2nc(-c3ccccc3)cs2)c1. The fourth-order valence-corrected chi connectivity index (χ4v) is 2.91. The second-order valence-electron chi connectivity index (χ2n) is 5.03. The number of pyridine rings is 1. The fraction of sp³-hybridized carbons (Fsp3) is 0.118. The van der Waals surface area contributed by atoms with Gasteiger partial charge in [0.25, 0.3) is 5.91 Å². The largest absolute Gasteiger partial charge is 0.296 e. The Balaban J connectivity index is 1.79. The second-order valence-corrected chi connectivity index (χ2v) is 5.89. The number of rotatable bonds is 3. The predicted molar refractivity (Wildman–Crippen MR) is 89.2 cm³/mol. The minimum Gasteiger partial charge on any atom is -0.296 e. The molecule has 5 heteroatoms. The minimum atomic E-state index is -0.235. The van der Waals surface area contributed by atoms with Gasteiger partial charge in [0.05, 0.1) is 5.69 Å². The van der Waals surface area contributed by atoms with Crippen LogP contribution in [-0.2, 0) is 0 Å². The molecule has 0 fully saturated rings. The Morgan fingerprint density at radius 1 is 1.09 bits per heavy atom. The standard InChI is InChI=1S/C17H15N3OS/c1-11-8-12(2)18-14(9-11)16(21)20-17-19-15(10-22-17)13-6-4-3-5-7-13/h3-10H,1-2H3,(H,19,20,21). The zero-order valence-corrected chi connectivity index (χ0v) is 13.1. The number of nitrogens with zero attached hydrogens (tertiary/aromatic N) is 2. The molecule has 0 aliphatic carbocycles. The third-order valence-electron chi connectivity index (χ3n) is 3.12. The summed E-state index contributed by atoms with van der Waals surface area (Å²) in [6.45, 7) is 3.82. The van der Waals surface area contributed by atoms with E-state index in [4.69, 9.17) is 0 Å². The molecular weight excluding hydrogens is 294 g/mol. The van der Waals surface area contributed by atoms with Gasteiger partial charge in [0.15, 0.2) is 5.13 Å². The number of aromatic nitrogens is 2. The highest BCUT2D eigenvalue weighted by Gasteiger charge is 2.12. The third-order valence-corrected chi connectivity index (χ3v) is 3.88. The van der Waals surface area contributed by atoms with Crippen molar-refractivity contribution in [2.75, 3.05) is 5.32 Å².